The zero-order chi connectivity index (χ0) is 24.8. The lowest BCUT2D eigenvalue weighted by Crippen LogP contribution is -2.35. The van der Waals surface area contributed by atoms with Crippen molar-refractivity contribution in [1.29, 1.82) is 0 Å². The number of hydrogen-bond acceptors (Lipinski definition) is 5. The van der Waals surface area contributed by atoms with Crippen LogP contribution in [0.1, 0.15) is 60.7 Å². The summed E-state index contributed by atoms with van der Waals surface area (Å²) in [5, 5.41) is 8.75. The molecule has 0 aromatic heterocycles. The molecule has 0 unspecified atom stereocenters. The molecule has 0 radical (unpaired) electrons. The molecule has 0 bridgehead atoms. The molecule has 2 rings (SSSR count). The number of likely N-dealkylation sites (N-methyl/N-ethyl adjacent to an activating group) is 1. The van der Waals surface area contributed by atoms with E-state index in [1.807, 2.05) is 0 Å². The first kappa shape index (κ1) is 27.3. The molecular weight excluding hydrogens is 448 g/mol. The van der Waals surface area contributed by atoms with Gasteiger partial charge < -0.3 is 20.3 Å². The lowest BCUT2D eigenvalue weighted by molar-refractivity contribution is 0.0947. The van der Waals surface area contributed by atoms with Gasteiger partial charge in [0.2, 0.25) is 0 Å². The largest absolute Gasteiger partial charge is 0.494 e. The zero-order valence-corrected chi connectivity index (χ0v) is 21.2. The molecule has 0 aliphatic heterocycles. The van der Waals surface area contributed by atoms with Gasteiger partial charge in [-0.3, -0.25) is 14.9 Å². The molecule has 8 heteroatoms. The van der Waals surface area contributed by atoms with Crippen LogP contribution in [0.15, 0.2) is 48.5 Å². The van der Waals surface area contributed by atoms with Crippen LogP contribution >= 0.6 is 12.2 Å². The number of anilines is 1. The average Bonchev–Trinajstić information content (AvgIpc) is 2.85. The summed E-state index contributed by atoms with van der Waals surface area (Å²) in [6, 6.07) is 13.9. The van der Waals surface area contributed by atoms with Crippen LogP contribution in [0, 0.1) is 0 Å². The Balaban J connectivity index is 1.78. The van der Waals surface area contributed by atoms with E-state index in [4.69, 9.17) is 17.0 Å². The number of carbonyl (C=O) groups is 2. The molecule has 2 aromatic carbocycles. The quantitative estimate of drug-likeness (QED) is 0.288. The van der Waals surface area contributed by atoms with Crippen LogP contribution in [0.2, 0.25) is 0 Å². The van der Waals surface area contributed by atoms with Crippen molar-refractivity contribution in [2.75, 3.05) is 38.1 Å². The van der Waals surface area contributed by atoms with Crippen LogP contribution in [-0.4, -0.2) is 54.6 Å². The van der Waals surface area contributed by atoms with E-state index < -0.39 is 0 Å². The van der Waals surface area contributed by atoms with Crippen LogP contribution in [-0.2, 0) is 0 Å². The van der Waals surface area contributed by atoms with Crippen LogP contribution < -0.4 is 20.7 Å². The van der Waals surface area contributed by atoms with Crippen molar-refractivity contribution >= 4 is 34.8 Å². The number of nitrogens with zero attached hydrogens (tertiary/aromatic N) is 1. The first-order chi connectivity index (χ1) is 16.5. The molecule has 2 amide bonds. The highest BCUT2D eigenvalue weighted by atomic mass is 32.1. The Hall–Kier alpha value is -2.97. The van der Waals surface area contributed by atoms with Crippen LogP contribution in [0.5, 0.6) is 5.75 Å². The van der Waals surface area contributed by atoms with E-state index in [1.54, 1.807) is 48.5 Å². The lowest BCUT2D eigenvalue weighted by atomic mass is 10.2. The number of ether oxygens (including phenoxy) is 1. The fourth-order valence-electron chi connectivity index (χ4n) is 3.26. The van der Waals surface area contributed by atoms with E-state index in [2.05, 4.69) is 41.6 Å². The molecule has 0 spiro atoms. The third-order valence-corrected chi connectivity index (χ3v) is 5.58. The molecule has 34 heavy (non-hydrogen) atoms. The third-order valence-electron chi connectivity index (χ3n) is 5.37. The van der Waals surface area contributed by atoms with Gasteiger partial charge in [0, 0.05) is 29.9 Å². The summed E-state index contributed by atoms with van der Waals surface area (Å²) in [4.78, 5) is 27.0. The fourth-order valence-corrected chi connectivity index (χ4v) is 3.47. The Morgan fingerprint density at radius 3 is 2.12 bits per heavy atom. The van der Waals surface area contributed by atoms with E-state index in [9.17, 15) is 9.59 Å². The van der Waals surface area contributed by atoms with Crippen molar-refractivity contribution in [1.82, 2.24) is 15.5 Å². The molecule has 0 fully saturated rings. The fraction of sp³-hybridized carbons (Fsp3) is 0.423. The van der Waals surface area contributed by atoms with Crippen molar-refractivity contribution in [2.45, 2.75) is 40.0 Å². The van der Waals surface area contributed by atoms with Gasteiger partial charge in [0.15, 0.2) is 5.11 Å². The Bertz CT molecular complexity index is 913. The van der Waals surface area contributed by atoms with Gasteiger partial charge in [-0.1, -0.05) is 33.6 Å². The van der Waals surface area contributed by atoms with E-state index in [0.29, 0.717) is 30.0 Å². The molecule has 0 atom stereocenters. The maximum atomic E-state index is 12.5. The molecule has 2 aromatic rings. The predicted octanol–water partition coefficient (Wildman–Crippen LogP) is 4.45. The molecule has 0 aliphatic rings. The number of benzene rings is 2. The third kappa shape index (κ3) is 9.49. The standard InChI is InChI=1S/C26H36N4O3S/c1-4-7-8-19-33-23-15-11-21(12-16-23)25(32)29-26(34)28-22-13-9-20(10-14-22)24(31)27-17-18-30(5-2)6-3/h9-16H,4-8,17-19H2,1-3H3,(H,27,31)(H2,28,29,32,34). The monoisotopic (exact) mass is 484 g/mol. The second-order valence-electron chi connectivity index (χ2n) is 7.85. The van der Waals surface area contributed by atoms with Crippen LogP contribution in [0.3, 0.4) is 0 Å². The summed E-state index contributed by atoms with van der Waals surface area (Å²) in [5.74, 6) is 0.317. The van der Waals surface area contributed by atoms with Gasteiger partial charge in [-0.2, -0.15) is 0 Å². The van der Waals surface area contributed by atoms with Crippen molar-refractivity contribution in [3.8, 4) is 5.75 Å². The average molecular weight is 485 g/mol. The second-order valence-corrected chi connectivity index (χ2v) is 8.26. The molecular formula is C26H36N4O3S. The van der Waals surface area contributed by atoms with Gasteiger partial charge in [-0.25, -0.2) is 0 Å². The summed E-state index contributed by atoms with van der Waals surface area (Å²) >= 11 is 5.26. The summed E-state index contributed by atoms with van der Waals surface area (Å²) in [6.45, 7) is 10.4. The van der Waals surface area contributed by atoms with Gasteiger partial charge in [-0.05, 0) is 80.3 Å². The van der Waals surface area contributed by atoms with E-state index in [0.717, 1.165) is 44.6 Å². The van der Waals surface area contributed by atoms with Crippen molar-refractivity contribution < 1.29 is 14.3 Å². The molecule has 184 valence electrons. The Kier molecular flexibility index (Phi) is 12.1. The Morgan fingerprint density at radius 1 is 0.882 bits per heavy atom. The topological polar surface area (TPSA) is 82.7 Å². The van der Waals surface area contributed by atoms with Gasteiger partial charge >= 0.3 is 0 Å². The number of hydrogen-bond donors (Lipinski definition) is 3. The van der Waals surface area contributed by atoms with Crippen LogP contribution in [0.25, 0.3) is 0 Å². The molecule has 0 heterocycles. The maximum Gasteiger partial charge on any atom is 0.257 e. The minimum atomic E-state index is -0.306. The minimum Gasteiger partial charge on any atom is -0.494 e. The van der Waals surface area contributed by atoms with Crippen LogP contribution in [0.4, 0.5) is 5.69 Å². The number of rotatable bonds is 13. The Morgan fingerprint density at radius 2 is 1.50 bits per heavy atom. The molecule has 0 saturated heterocycles. The van der Waals surface area contributed by atoms with Gasteiger partial charge in [0.05, 0.1) is 6.61 Å². The highest BCUT2D eigenvalue weighted by Gasteiger charge is 2.10. The highest BCUT2D eigenvalue weighted by Crippen LogP contribution is 2.13. The van der Waals surface area contributed by atoms with E-state index >= 15 is 0 Å². The van der Waals surface area contributed by atoms with E-state index in [-0.39, 0.29) is 16.9 Å². The summed E-state index contributed by atoms with van der Waals surface area (Å²) < 4.78 is 5.67. The SMILES string of the molecule is CCCCCOc1ccc(C(=O)NC(=S)Nc2ccc(C(=O)NCCN(CC)CC)cc2)cc1. The minimum absolute atomic E-state index is 0.118. The van der Waals surface area contributed by atoms with Crippen molar-refractivity contribution in [3.63, 3.8) is 0 Å². The number of nitrogens with one attached hydrogen (secondary N) is 3. The van der Waals surface area contributed by atoms with Gasteiger partial charge in [0.1, 0.15) is 5.75 Å². The summed E-state index contributed by atoms with van der Waals surface area (Å²) in [5.41, 5.74) is 1.74. The molecule has 3 N–H and O–H groups in total. The second kappa shape index (κ2) is 15.0. The highest BCUT2D eigenvalue weighted by molar-refractivity contribution is 7.80. The summed E-state index contributed by atoms with van der Waals surface area (Å²) in [7, 11) is 0. The van der Waals surface area contributed by atoms with E-state index in [1.165, 1.54) is 0 Å². The number of amides is 2. The van der Waals surface area contributed by atoms with Gasteiger partial charge in [-0.15, -0.1) is 0 Å². The first-order valence-electron chi connectivity index (χ1n) is 11.9. The first-order valence-corrected chi connectivity index (χ1v) is 12.3. The normalized spacial score (nSPS) is 10.6. The van der Waals surface area contributed by atoms with Crippen molar-refractivity contribution in [2.24, 2.45) is 0 Å². The predicted molar refractivity (Wildman–Crippen MR) is 142 cm³/mol. The summed E-state index contributed by atoms with van der Waals surface area (Å²) in [6.07, 6.45) is 3.30. The van der Waals surface area contributed by atoms with Gasteiger partial charge in [0.25, 0.3) is 11.8 Å². The number of unbranched alkanes of at least 4 members (excludes halogenated alkanes) is 2. The van der Waals surface area contributed by atoms with Crippen molar-refractivity contribution in [3.05, 3.63) is 59.7 Å². The molecule has 0 saturated carbocycles. The Labute approximate surface area is 208 Å². The lowest BCUT2D eigenvalue weighted by Gasteiger charge is -2.18. The molecule has 0 aliphatic carbocycles. The molecule has 7 nitrogen and oxygen atoms in total. The smallest absolute Gasteiger partial charge is 0.257 e. The number of thiocarbonyl (C=S) groups is 1. The maximum absolute atomic E-state index is 12.5. The zero-order valence-electron chi connectivity index (χ0n) is 20.4. The number of carbonyl (C=O) groups excluding carboxylic acids is 2.